The van der Waals surface area contributed by atoms with Crippen molar-refractivity contribution in [2.75, 3.05) is 12.0 Å². The molecule has 1 aliphatic rings. The van der Waals surface area contributed by atoms with Gasteiger partial charge in [-0.25, -0.2) is 4.79 Å². The lowest BCUT2D eigenvalue weighted by atomic mass is 9.85. The first-order valence-corrected chi connectivity index (χ1v) is 12.6. The number of benzene rings is 2. The molecule has 0 aliphatic carbocycles. The molecule has 2 aromatic carbocycles. The van der Waals surface area contributed by atoms with Gasteiger partial charge in [-0.05, 0) is 72.9 Å². The minimum atomic E-state index is -0.963. The molecule has 8 heteroatoms. The van der Waals surface area contributed by atoms with Crippen molar-refractivity contribution in [3.05, 3.63) is 94.8 Å². The van der Waals surface area contributed by atoms with Crippen LogP contribution in [0.5, 0.6) is 5.75 Å². The van der Waals surface area contributed by atoms with Crippen molar-refractivity contribution in [1.82, 2.24) is 4.98 Å². The molecule has 1 N–H and O–H groups in total. The summed E-state index contributed by atoms with van der Waals surface area (Å²) in [6.45, 7) is 9.62. The first kappa shape index (κ1) is 27.6. The van der Waals surface area contributed by atoms with Crippen LogP contribution in [0.2, 0.25) is 0 Å². The molecule has 8 nitrogen and oxygen atoms in total. The summed E-state index contributed by atoms with van der Waals surface area (Å²) < 4.78 is 10.8. The van der Waals surface area contributed by atoms with Crippen LogP contribution in [0.15, 0.2) is 72.6 Å². The third kappa shape index (κ3) is 5.41. The van der Waals surface area contributed by atoms with Crippen LogP contribution in [0.25, 0.3) is 5.76 Å². The molecular formula is C31H32N2O6. The quantitative estimate of drug-likeness (QED) is 0.193. The first-order valence-electron chi connectivity index (χ1n) is 12.6. The normalized spacial score (nSPS) is 17.0. The van der Waals surface area contributed by atoms with Gasteiger partial charge in [0, 0.05) is 18.1 Å². The molecule has 202 valence electrons. The molecule has 39 heavy (non-hydrogen) atoms. The smallest absolute Gasteiger partial charge is 0.338 e. The lowest BCUT2D eigenvalue weighted by Gasteiger charge is -2.26. The van der Waals surface area contributed by atoms with Gasteiger partial charge in [0.05, 0.1) is 36.0 Å². The number of carbonyl (C=O) groups excluding carboxylic acids is 3. The maximum atomic E-state index is 13.5. The Hall–Kier alpha value is -4.46. The van der Waals surface area contributed by atoms with Gasteiger partial charge in [-0.2, -0.15) is 0 Å². The van der Waals surface area contributed by atoms with E-state index in [0.717, 1.165) is 5.56 Å². The average Bonchev–Trinajstić information content (AvgIpc) is 3.17. The molecule has 1 unspecified atom stereocenters. The summed E-state index contributed by atoms with van der Waals surface area (Å²) in [6.07, 6.45) is 2.85. The maximum absolute atomic E-state index is 13.5. The molecule has 3 aromatic rings. The lowest BCUT2D eigenvalue weighted by Crippen LogP contribution is -2.29. The Balaban J connectivity index is 1.89. The van der Waals surface area contributed by atoms with E-state index in [9.17, 15) is 19.5 Å². The predicted octanol–water partition coefficient (Wildman–Crippen LogP) is 5.58. The molecule has 1 saturated heterocycles. The fourth-order valence-corrected chi connectivity index (χ4v) is 4.50. The monoisotopic (exact) mass is 528 g/mol. The highest BCUT2D eigenvalue weighted by atomic mass is 16.5. The van der Waals surface area contributed by atoms with Gasteiger partial charge in [-0.3, -0.25) is 19.5 Å². The first-order chi connectivity index (χ1) is 18.4. The molecule has 0 saturated carbocycles. The van der Waals surface area contributed by atoms with Gasteiger partial charge in [0.15, 0.2) is 0 Å². The average molecular weight is 529 g/mol. The fourth-order valence-electron chi connectivity index (χ4n) is 4.50. The number of carbonyl (C=O) groups is 3. The summed E-state index contributed by atoms with van der Waals surface area (Å²) in [6, 6.07) is 14.1. The van der Waals surface area contributed by atoms with Gasteiger partial charge in [-0.1, -0.05) is 32.9 Å². The Morgan fingerprint density at radius 1 is 1.05 bits per heavy atom. The number of ether oxygens (including phenoxy) is 2. The van der Waals surface area contributed by atoms with Crippen molar-refractivity contribution in [3.8, 4) is 5.75 Å². The van der Waals surface area contributed by atoms with Gasteiger partial charge in [0.1, 0.15) is 11.5 Å². The van der Waals surface area contributed by atoms with E-state index in [1.165, 1.54) is 24.1 Å². The van der Waals surface area contributed by atoms with E-state index < -0.39 is 23.7 Å². The predicted molar refractivity (Wildman–Crippen MR) is 148 cm³/mol. The molecule has 4 rings (SSSR count). The number of aliphatic hydroxyl groups is 1. The van der Waals surface area contributed by atoms with Gasteiger partial charge in [0.25, 0.3) is 11.7 Å². The molecule has 1 amide bonds. The molecule has 1 fully saturated rings. The largest absolute Gasteiger partial charge is 0.507 e. The molecule has 0 spiro atoms. The van der Waals surface area contributed by atoms with Crippen molar-refractivity contribution in [2.45, 2.75) is 52.2 Å². The van der Waals surface area contributed by atoms with E-state index in [2.05, 4.69) is 4.98 Å². The van der Waals surface area contributed by atoms with Crippen molar-refractivity contribution in [1.29, 1.82) is 0 Å². The van der Waals surface area contributed by atoms with Crippen LogP contribution >= 0.6 is 0 Å². The Morgan fingerprint density at radius 2 is 1.74 bits per heavy atom. The molecule has 1 aromatic heterocycles. The number of aromatic nitrogens is 1. The summed E-state index contributed by atoms with van der Waals surface area (Å²) in [5.41, 5.74) is 2.12. The Kier molecular flexibility index (Phi) is 7.58. The van der Waals surface area contributed by atoms with Gasteiger partial charge >= 0.3 is 5.97 Å². The number of rotatable bonds is 6. The van der Waals surface area contributed by atoms with E-state index in [0.29, 0.717) is 28.1 Å². The number of hydrogen-bond donors (Lipinski definition) is 1. The number of amides is 1. The summed E-state index contributed by atoms with van der Waals surface area (Å²) in [5, 5.41) is 11.6. The topological polar surface area (TPSA) is 106 Å². The van der Waals surface area contributed by atoms with Crippen LogP contribution in [0.4, 0.5) is 5.69 Å². The van der Waals surface area contributed by atoms with Crippen molar-refractivity contribution in [2.24, 2.45) is 0 Å². The van der Waals surface area contributed by atoms with Crippen LogP contribution in [0.1, 0.15) is 67.7 Å². The minimum absolute atomic E-state index is 0.0827. The van der Waals surface area contributed by atoms with Gasteiger partial charge in [0.2, 0.25) is 0 Å². The summed E-state index contributed by atoms with van der Waals surface area (Å²) in [4.78, 5) is 44.8. The van der Waals surface area contributed by atoms with Gasteiger partial charge in [-0.15, -0.1) is 0 Å². The van der Waals surface area contributed by atoms with Crippen LogP contribution in [0.3, 0.4) is 0 Å². The van der Waals surface area contributed by atoms with Crippen molar-refractivity contribution in [3.63, 3.8) is 0 Å². The van der Waals surface area contributed by atoms with Crippen molar-refractivity contribution >= 4 is 29.1 Å². The third-order valence-corrected chi connectivity index (χ3v) is 6.49. The van der Waals surface area contributed by atoms with E-state index in [4.69, 9.17) is 9.47 Å². The van der Waals surface area contributed by atoms with Crippen LogP contribution in [-0.2, 0) is 19.7 Å². The van der Waals surface area contributed by atoms with E-state index in [-0.39, 0.29) is 22.9 Å². The molecular weight excluding hydrogens is 496 g/mol. The second-order valence-electron chi connectivity index (χ2n) is 10.6. The number of anilines is 1. The fraction of sp³-hybridized carbons (Fsp3) is 0.290. The van der Waals surface area contributed by atoms with E-state index in [1.807, 2.05) is 26.8 Å². The van der Waals surface area contributed by atoms with Crippen molar-refractivity contribution < 1.29 is 29.0 Å². The number of esters is 1. The maximum Gasteiger partial charge on any atom is 0.338 e. The van der Waals surface area contributed by atoms with Crippen LogP contribution in [0, 0.1) is 0 Å². The lowest BCUT2D eigenvalue weighted by molar-refractivity contribution is -0.132. The zero-order chi connectivity index (χ0) is 28.5. The highest BCUT2D eigenvalue weighted by Crippen LogP contribution is 2.43. The SMILES string of the molecule is COc1ccc(C(C)(C)C)cc1/C(O)=C1\C(=O)C(=O)N(c2ccc(C(=O)OC(C)C)cc2)C1c1cccnc1. The zero-order valence-corrected chi connectivity index (χ0v) is 22.9. The number of Topliss-reactive ketones (excluding diaryl/α,β-unsaturated/α-hetero) is 1. The zero-order valence-electron chi connectivity index (χ0n) is 22.9. The van der Waals surface area contributed by atoms with E-state index >= 15 is 0 Å². The Bertz CT molecular complexity index is 1440. The molecule has 0 radical (unpaired) electrons. The van der Waals surface area contributed by atoms with Crippen LogP contribution in [-0.4, -0.2) is 41.0 Å². The highest BCUT2D eigenvalue weighted by molar-refractivity contribution is 6.51. The molecule has 1 aliphatic heterocycles. The highest BCUT2D eigenvalue weighted by Gasteiger charge is 2.47. The number of hydrogen-bond acceptors (Lipinski definition) is 7. The number of nitrogens with zero attached hydrogens (tertiary/aromatic N) is 2. The standard InChI is InChI=1S/C31H32N2O6/c1-18(2)39-30(37)19-9-12-22(13-10-19)33-26(20-8-7-15-32-17-20)25(28(35)29(33)36)27(34)23-16-21(31(3,4)5)11-14-24(23)38-6/h7-18,26,34H,1-6H3/b27-25+. The summed E-state index contributed by atoms with van der Waals surface area (Å²) in [7, 11) is 1.48. The number of ketones is 1. The number of methoxy groups -OCH3 is 1. The third-order valence-electron chi connectivity index (χ3n) is 6.49. The second kappa shape index (κ2) is 10.7. The summed E-state index contributed by atoms with van der Waals surface area (Å²) in [5.74, 6) is -2.12. The Labute approximate surface area is 227 Å². The molecule has 0 bridgehead atoms. The molecule has 2 heterocycles. The van der Waals surface area contributed by atoms with Crippen LogP contribution < -0.4 is 9.64 Å². The number of aliphatic hydroxyl groups excluding tert-OH is 1. The minimum Gasteiger partial charge on any atom is -0.507 e. The number of pyridine rings is 1. The second-order valence-corrected chi connectivity index (χ2v) is 10.6. The summed E-state index contributed by atoms with van der Waals surface area (Å²) >= 11 is 0. The van der Waals surface area contributed by atoms with Gasteiger partial charge < -0.3 is 14.6 Å². The Morgan fingerprint density at radius 3 is 2.31 bits per heavy atom. The van der Waals surface area contributed by atoms with E-state index in [1.54, 1.807) is 62.6 Å². The molecule has 1 atom stereocenters.